The molecule has 0 radical (unpaired) electrons. The number of halogens is 2. The number of anilines is 3. The predicted molar refractivity (Wildman–Crippen MR) is 155 cm³/mol. The first-order valence-corrected chi connectivity index (χ1v) is 13.7. The molecule has 7 nitrogen and oxygen atoms in total. The van der Waals surface area contributed by atoms with Gasteiger partial charge in [0.1, 0.15) is 23.7 Å². The number of fused-ring (bicyclic) bond motifs is 1. The highest BCUT2D eigenvalue weighted by Crippen LogP contribution is 2.34. The van der Waals surface area contributed by atoms with Crippen LogP contribution in [-0.4, -0.2) is 47.0 Å². The van der Waals surface area contributed by atoms with Gasteiger partial charge in [0.15, 0.2) is 0 Å². The number of hydrogen-bond acceptors (Lipinski definition) is 6. The third-order valence-corrected chi connectivity index (χ3v) is 6.77. The number of aromatic nitrogens is 2. The lowest BCUT2D eigenvalue weighted by Gasteiger charge is -2.24. The molecule has 0 aliphatic carbocycles. The third kappa shape index (κ3) is 8.41. The smallest absolute Gasteiger partial charge is 0.248 e. The maximum absolute atomic E-state index is 13.6. The first kappa shape index (κ1) is 28.3. The van der Waals surface area contributed by atoms with Gasteiger partial charge >= 0.3 is 0 Å². The number of benzene rings is 2. The molecule has 204 valence electrons. The van der Waals surface area contributed by atoms with E-state index < -0.39 is 5.82 Å². The summed E-state index contributed by atoms with van der Waals surface area (Å²) >= 11 is 5.95. The molecule has 0 spiro atoms. The van der Waals surface area contributed by atoms with Crippen LogP contribution >= 0.6 is 11.6 Å². The SMILES string of the molecule is C#CCCCCCOc1cc2ncnc(Nc3ccc(F)c(Cl)c3)c2cc1NC(=O)/C=C/CN1CCCCC1. The lowest BCUT2D eigenvalue weighted by molar-refractivity contribution is -0.111. The molecule has 1 aromatic heterocycles. The largest absolute Gasteiger partial charge is 0.491 e. The highest BCUT2D eigenvalue weighted by molar-refractivity contribution is 6.31. The minimum Gasteiger partial charge on any atom is -0.491 e. The zero-order valence-electron chi connectivity index (χ0n) is 21.9. The van der Waals surface area contributed by atoms with Crippen LogP contribution < -0.4 is 15.4 Å². The summed E-state index contributed by atoms with van der Waals surface area (Å²) < 4.78 is 19.7. The fraction of sp³-hybridized carbons (Fsp3) is 0.367. The van der Waals surface area contributed by atoms with E-state index in [9.17, 15) is 9.18 Å². The number of unbranched alkanes of at least 4 members (excludes halogenated alkanes) is 3. The number of nitrogens with zero attached hydrogens (tertiary/aromatic N) is 3. The fourth-order valence-electron chi connectivity index (χ4n) is 4.42. The molecule has 2 heterocycles. The van der Waals surface area contributed by atoms with Gasteiger partial charge in [-0.05, 0) is 69.5 Å². The summed E-state index contributed by atoms with van der Waals surface area (Å²) in [5, 5.41) is 6.79. The highest BCUT2D eigenvalue weighted by atomic mass is 35.5. The monoisotopic (exact) mass is 549 g/mol. The van der Waals surface area contributed by atoms with Gasteiger partial charge in [0, 0.05) is 36.2 Å². The molecule has 4 rings (SSSR count). The Labute approximate surface area is 233 Å². The van der Waals surface area contributed by atoms with E-state index in [-0.39, 0.29) is 10.9 Å². The standard InChI is InChI=1S/C30H33ClFN5O2/c1-2-3-4-5-9-17-39-28-20-26-23(30(34-21-33-26)35-22-12-13-25(32)24(31)18-22)19-27(28)36-29(38)11-10-16-37-14-7-6-8-15-37/h1,10-13,18-21H,3-9,14-17H2,(H,36,38)(H,33,34,35)/b11-10+. The number of rotatable bonds is 12. The molecule has 1 saturated heterocycles. The number of amides is 1. The van der Waals surface area contributed by atoms with E-state index in [1.54, 1.807) is 24.3 Å². The van der Waals surface area contributed by atoms with E-state index in [1.807, 2.05) is 6.08 Å². The molecule has 0 saturated carbocycles. The Kier molecular flexibility index (Phi) is 10.5. The second-order valence-corrected chi connectivity index (χ2v) is 9.87. The summed E-state index contributed by atoms with van der Waals surface area (Å²) in [6.45, 7) is 3.35. The molecule has 9 heteroatoms. The molecule has 2 aromatic carbocycles. The van der Waals surface area contributed by atoms with Gasteiger partial charge in [0.2, 0.25) is 5.91 Å². The lowest BCUT2D eigenvalue weighted by Crippen LogP contribution is -2.29. The van der Waals surface area contributed by atoms with Crippen molar-refractivity contribution in [2.75, 3.05) is 36.9 Å². The number of carbonyl (C=O) groups is 1. The van der Waals surface area contributed by atoms with E-state index in [4.69, 9.17) is 22.8 Å². The van der Waals surface area contributed by atoms with E-state index in [2.05, 4.69) is 31.4 Å². The van der Waals surface area contributed by atoms with Crippen LogP contribution in [-0.2, 0) is 4.79 Å². The summed E-state index contributed by atoms with van der Waals surface area (Å²) in [4.78, 5) is 23.9. The molecular formula is C30H33ClFN5O2. The first-order valence-electron chi connectivity index (χ1n) is 13.3. The summed E-state index contributed by atoms with van der Waals surface area (Å²) in [6.07, 6.45) is 17.4. The normalized spacial score (nSPS) is 13.9. The Bertz CT molecular complexity index is 1350. The Morgan fingerprint density at radius 2 is 2.00 bits per heavy atom. The van der Waals surface area contributed by atoms with Crippen LogP contribution in [0.2, 0.25) is 5.02 Å². The Hall–Kier alpha value is -3.67. The summed E-state index contributed by atoms with van der Waals surface area (Å²) in [7, 11) is 0. The quantitative estimate of drug-likeness (QED) is 0.148. The highest BCUT2D eigenvalue weighted by Gasteiger charge is 2.14. The van der Waals surface area contributed by atoms with Crippen LogP contribution in [0.3, 0.4) is 0 Å². The van der Waals surface area contributed by atoms with Gasteiger partial charge in [0.25, 0.3) is 0 Å². The molecule has 0 unspecified atom stereocenters. The van der Waals surface area contributed by atoms with E-state index in [0.29, 0.717) is 40.5 Å². The number of likely N-dealkylation sites (tertiary alicyclic amines) is 1. The van der Waals surface area contributed by atoms with Crippen LogP contribution in [0.5, 0.6) is 5.75 Å². The minimum atomic E-state index is -0.505. The number of terminal acetylenes is 1. The van der Waals surface area contributed by atoms with Crippen LogP contribution in [0, 0.1) is 18.2 Å². The van der Waals surface area contributed by atoms with E-state index >= 15 is 0 Å². The molecule has 0 bridgehead atoms. The third-order valence-electron chi connectivity index (χ3n) is 6.48. The number of ether oxygens (including phenoxy) is 1. The van der Waals surface area contributed by atoms with Gasteiger partial charge in [-0.25, -0.2) is 14.4 Å². The molecular weight excluding hydrogens is 517 g/mol. The topological polar surface area (TPSA) is 79.4 Å². The van der Waals surface area contributed by atoms with Gasteiger partial charge in [-0.15, -0.1) is 12.3 Å². The molecule has 1 fully saturated rings. The maximum atomic E-state index is 13.6. The van der Waals surface area contributed by atoms with Gasteiger partial charge < -0.3 is 15.4 Å². The number of piperidine rings is 1. The lowest BCUT2D eigenvalue weighted by atomic mass is 10.1. The van der Waals surface area contributed by atoms with E-state index in [1.165, 1.54) is 37.7 Å². The molecule has 2 N–H and O–H groups in total. The van der Waals surface area contributed by atoms with Gasteiger partial charge in [-0.3, -0.25) is 9.69 Å². The second kappa shape index (κ2) is 14.5. The summed E-state index contributed by atoms with van der Waals surface area (Å²) in [5.41, 5.74) is 1.70. The van der Waals surface area contributed by atoms with Crippen LogP contribution in [0.25, 0.3) is 10.9 Å². The summed E-state index contributed by atoms with van der Waals surface area (Å²) in [5.74, 6) is 2.90. The van der Waals surface area contributed by atoms with Crippen molar-refractivity contribution in [3.63, 3.8) is 0 Å². The molecule has 1 aliphatic heterocycles. The van der Waals surface area contributed by atoms with Crippen molar-refractivity contribution >= 4 is 45.6 Å². The maximum Gasteiger partial charge on any atom is 0.248 e. The van der Waals surface area contributed by atoms with Gasteiger partial charge in [-0.1, -0.05) is 24.1 Å². The van der Waals surface area contributed by atoms with Gasteiger partial charge in [0.05, 0.1) is 22.8 Å². The minimum absolute atomic E-state index is 0.000541. The average Bonchev–Trinajstić information content (AvgIpc) is 2.94. The number of carbonyl (C=O) groups excluding carboxylic acids is 1. The van der Waals surface area contributed by atoms with Crippen LogP contribution in [0.1, 0.15) is 44.9 Å². The number of hydrogen-bond donors (Lipinski definition) is 2. The van der Waals surface area contributed by atoms with Crippen molar-refractivity contribution in [2.45, 2.75) is 44.9 Å². The average molecular weight is 550 g/mol. The van der Waals surface area contributed by atoms with Crippen molar-refractivity contribution in [2.24, 2.45) is 0 Å². The fourth-order valence-corrected chi connectivity index (χ4v) is 4.60. The Morgan fingerprint density at radius 1 is 1.15 bits per heavy atom. The molecule has 3 aromatic rings. The molecule has 1 amide bonds. The Morgan fingerprint density at radius 3 is 2.79 bits per heavy atom. The summed E-state index contributed by atoms with van der Waals surface area (Å²) in [6, 6.07) is 7.91. The van der Waals surface area contributed by atoms with Crippen molar-refractivity contribution < 1.29 is 13.9 Å². The Balaban J connectivity index is 1.54. The number of nitrogens with one attached hydrogen (secondary N) is 2. The van der Waals surface area contributed by atoms with Gasteiger partial charge in [-0.2, -0.15) is 0 Å². The van der Waals surface area contributed by atoms with Crippen LogP contribution in [0.15, 0.2) is 48.8 Å². The van der Waals surface area contributed by atoms with Crippen molar-refractivity contribution in [3.8, 4) is 18.1 Å². The zero-order valence-corrected chi connectivity index (χ0v) is 22.6. The van der Waals surface area contributed by atoms with Crippen LogP contribution in [0.4, 0.5) is 21.6 Å². The van der Waals surface area contributed by atoms with Crippen molar-refractivity contribution in [3.05, 3.63) is 59.7 Å². The molecule has 39 heavy (non-hydrogen) atoms. The van der Waals surface area contributed by atoms with Crippen molar-refractivity contribution in [1.29, 1.82) is 0 Å². The zero-order chi connectivity index (χ0) is 27.5. The predicted octanol–water partition coefficient (Wildman–Crippen LogP) is 6.72. The molecule has 1 aliphatic rings. The van der Waals surface area contributed by atoms with E-state index in [0.717, 1.165) is 45.3 Å². The second-order valence-electron chi connectivity index (χ2n) is 9.46. The first-order chi connectivity index (χ1) is 19.0. The molecule has 0 atom stereocenters. The van der Waals surface area contributed by atoms with Crippen molar-refractivity contribution in [1.82, 2.24) is 14.9 Å².